The van der Waals surface area contributed by atoms with Crippen LogP contribution in [0.25, 0.3) is 11.0 Å². The lowest BCUT2D eigenvalue weighted by molar-refractivity contribution is -0.0246. The number of carbonyl (C=O) groups is 1. The number of nitrogens with zero attached hydrogens (tertiary/aromatic N) is 3. The minimum absolute atomic E-state index is 0.00503. The van der Waals surface area contributed by atoms with Gasteiger partial charge in [0.15, 0.2) is 0 Å². The standard InChI is InChI=1S/C18H19N5O2/c1-19-17-4-2-3-14(22-17)16-10-23(7-8-25-16)18(24)12-5-6-13-15(9-12)21-11-20-13/h2-6,9,11,16H,7-8,10H2,1H3,(H,19,22)(H,20,21). The van der Waals surface area contributed by atoms with Crippen molar-refractivity contribution in [2.45, 2.75) is 6.10 Å². The molecule has 0 radical (unpaired) electrons. The summed E-state index contributed by atoms with van der Waals surface area (Å²) < 4.78 is 5.84. The van der Waals surface area contributed by atoms with E-state index in [1.54, 1.807) is 6.33 Å². The van der Waals surface area contributed by atoms with Crippen LogP contribution in [0.1, 0.15) is 22.2 Å². The van der Waals surface area contributed by atoms with Gasteiger partial charge in [-0.15, -0.1) is 0 Å². The highest BCUT2D eigenvalue weighted by molar-refractivity contribution is 5.97. The number of ether oxygens (including phenoxy) is 1. The monoisotopic (exact) mass is 337 g/mol. The number of nitrogens with one attached hydrogen (secondary N) is 2. The Labute approximate surface area is 145 Å². The van der Waals surface area contributed by atoms with Crippen LogP contribution in [-0.4, -0.2) is 52.5 Å². The van der Waals surface area contributed by atoms with Gasteiger partial charge in [-0.1, -0.05) is 6.07 Å². The molecule has 1 fully saturated rings. The number of rotatable bonds is 3. The molecule has 1 aromatic carbocycles. The molecule has 1 unspecified atom stereocenters. The molecule has 0 spiro atoms. The fourth-order valence-electron chi connectivity index (χ4n) is 3.03. The molecule has 4 rings (SSSR count). The number of aromatic nitrogens is 3. The van der Waals surface area contributed by atoms with Gasteiger partial charge in [-0.25, -0.2) is 9.97 Å². The Morgan fingerprint density at radius 3 is 3.16 bits per heavy atom. The van der Waals surface area contributed by atoms with Crippen LogP contribution in [0.5, 0.6) is 0 Å². The average molecular weight is 337 g/mol. The van der Waals surface area contributed by atoms with E-state index in [4.69, 9.17) is 4.74 Å². The molecule has 2 aromatic heterocycles. The van der Waals surface area contributed by atoms with Gasteiger partial charge in [0, 0.05) is 19.2 Å². The summed E-state index contributed by atoms with van der Waals surface area (Å²) in [5, 5.41) is 3.02. The molecule has 25 heavy (non-hydrogen) atoms. The fourth-order valence-corrected chi connectivity index (χ4v) is 3.03. The third kappa shape index (κ3) is 3.06. The van der Waals surface area contributed by atoms with Gasteiger partial charge in [-0.3, -0.25) is 4.79 Å². The second-order valence-corrected chi connectivity index (χ2v) is 5.94. The molecular weight excluding hydrogens is 318 g/mol. The summed E-state index contributed by atoms with van der Waals surface area (Å²) in [5.74, 6) is 0.781. The molecule has 0 saturated carbocycles. The van der Waals surface area contributed by atoms with Crippen molar-refractivity contribution in [2.75, 3.05) is 32.1 Å². The summed E-state index contributed by atoms with van der Waals surface area (Å²) in [5.41, 5.74) is 3.19. The summed E-state index contributed by atoms with van der Waals surface area (Å²) in [6.45, 7) is 1.55. The number of H-pyrrole nitrogens is 1. The van der Waals surface area contributed by atoms with Crippen molar-refractivity contribution in [2.24, 2.45) is 0 Å². The van der Waals surface area contributed by atoms with Gasteiger partial charge in [0.25, 0.3) is 5.91 Å². The first-order chi connectivity index (χ1) is 12.2. The molecule has 1 aliphatic heterocycles. The Kier molecular flexibility index (Phi) is 4.07. The maximum atomic E-state index is 12.9. The van der Waals surface area contributed by atoms with Crippen molar-refractivity contribution in [1.29, 1.82) is 0 Å². The first-order valence-corrected chi connectivity index (χ1v) is 8.23. The Morgan fingerprint density at radius 2 is 2.28 bits per heavy atom. The highest BCUT2D eigenvalue weighted by atomic mass is 16.5. The smallest absolute Gasteiger partial charge is 0.254 e. The van der Waals surface area contributed by atoms with Gasteiger partial charge in [0.2, 0.25) is 0 Å². The van der Waals surface area contributed by atoms with E-state index in [0.717, 1.165) is 22.5 Å². The van der Waals surface area contributed by atoms with E-state index in [2.05, 4.69) is 20.3 Å². The normalized spacial score (nSPS) is 17.6. The van der Waals surface area contributed by atoms with E-state index < -0.39 is 0 Å². The fraction of sp³-hybridized carbons (Fsp3) is 0.278. The van der Waals surface area contributed by atoms with Crippen molar-refractivity contribution in [3.63, 3.8) is 0 Å². The molecule has 0 aliphatic carbocycles. The van der Waals surface area contributed by atoms with Crippen molar-refractivity contribution in [3.8, 4) is 0 Å². The number of benzene rings is 1. The van der Waals surface area contributed by atoms with Crippen molar-refractivity contribution in [3.05, 3.63) is 54.0 Å². The van der Waals surface area contributed by atoms with Gasteiger partial charge in [0.05, 0.1) is 36.2 Å². The number of hydrogen-bond donors (Lipinski definition) is 2. The Hall–Kier alpha value is -2.93. The number of fused-ring (bicyclic) bond motifs is 1. The summed E-state index contributed by atoms with van der Waals surface area (Å²) in [6.07, 6.45) is 1.41. The van der Waals surface area contributed by atoms with Crippen LogP contribution in [0.3, 0.4) is 0 Å². The van der Waals surface area contributed by atoms with Gasteiger partial charge >= 0.3 is 0 Å². The highest BCUT2D eigenvalue weighted by Gasteiger charge is 2.27. The second kappa shape index (κ2) is 6.52. The van der Waals surface area contributed by atoms with E-state index in [1.807, 2.05) is 48.3 Å². The predicted octanol–water partition coefficient (Wildman–Crippen LogP) is 2.21. The van der Waals surface area contributed by atoms with E-state index in [0.29, 0.717) is 25.3 Å². The summed E-state index contributed by atoms with van der Waals surface area (Å²) in [6, 6.07) is 11.3. The second-order valence-electron chi connectivity index (χ2n) is 5.94. The van der Waals surface area contributed by atoms with Gasteiger partial charge in [-0.2, -0.15) is 0 Å². The van der Waals surface area contributed by atoms with Gasteiger partial charge in [0.1, 0.15) is 11.9 Å². The number of amides is 1. The maximum absolute atomic E-state index is 12.9. The van der Waals surface area contributed by atoms with Gasteiger partial charge in [-0.05, 0) is 30.3 Å². The first kappa shape index (κ1) is 15.6. The van der Waals surface area contributed by atoms with Crippen LogP contribution in [0, 0.1) is 0 Å². The zero-order chi connectivity index (χ0) is 17.2. The molecule has 3 aromatic rings. The third-order valence-electron chi connectivity index (χ3n) is 4.38. The maximum Gasteiger partial charge on any atom is 0.254 e. The third-order valence-corrected chi connectivity index (χ3v) is 4.38. The first-order valence-electron chi connectivity index (χ1n) is 8.23. The number of morpholine rings is 1. The molecule has 1 aliphatic rings. The van der Waals surface area contributed by atoms with E-state index >= 15 is 0 Å². The minimum atomic E-state index is -0.220. The minimum Gasteiger partial charge on any atom is -0.373 e. The number of aromatic amines is 1. The quantitative estimate of drug-likeness (QED) is 0.766. The van der Waals surface area contributed by atoms with Crippen LogP contribution in [0.4, 0.5) is 5.82 Å². The molecule has 1 atom stereocenters. The van der Waals surface area contributed by atoms with Crippen LogP contribution in [0.15, 0.2) is 42.7 Å². The number of hydrogen-bond acceptors (Lipinski definition) is 5. The van der Waals surface area contributed by atoms with Crippen molar-refractivity contribution < 1.29 is 9.53 Å². The van der Waals surface area contributed by atoms with Crippen LogP contribution in [-0.2, 0) is 4.74 Å². The zero-order valence-corrected chi connectivity index (χ0v) is 13.9. The summed E-state index contributed by atoms with van der Waals surface area (Å²) in [4.78, 5) is 26.4. The molecule has 1 saturated heterocycles. The molecule has 0 bridgehead atoms. The molecule has 7 heteroatoms. The number of imidazole rings is 1. The largest absolute Gasteiger partial charge is 0.373 e. The summed E-state index contributed by atoms with van der Waals surface area (Å²) >= 11 is 0. The van der Waals surface area contributed by atoms with Crippen LogP contribution in [0.2, 0.25) is 0 Å². The predicted molar refractivity (Wildman–Crippen MR) is 94.5 cm³/mol. The van der Waals surface area contributed by atoms with Crippen molar-refractivity contribution in [1.82, 2.24) is 19.9 Å². The Balaban J connectivity index is 1.54. The lowest BCUT2D eigenvalue weighted by Gasteiger charge is -2.32. The van der Waals surface area contributed by atoms with Gasteiger partial charge < -0.3 is 19.9 Å². The van der Waals surface area contributed by atoms with Crippen molar-refractivity contribution >= 4 is 22.8 Å². The molecule has 1 amide bonds. The topological polar surface area (TPSA) is 83.1 Å². The molecular formula is C18H19N5O2. The van der Waals surface area contributed by atoms with E-state index in [1.165, 1.54) is 0 Å². The van der Waals surface area contributed by atoms with Crippen LogP contribution < -0.4 is 5.32 Å². The average Bonchev–Trinajstić information content (AvgIpc) is 3.15. The Morgan fingerprint density at radius 1 is 1.36 bits per heavy atom. The highest BCUT2D eigenvalue weighted by Crippen LogP contribution is 2.23. The van der Waals surface area contributed by atoms with E-state index in [9.17, 15) is 4.79 Å². The van der Waals surface area contributed by atoms with E-state index in [-0.39, 0.29) is 12.0 Å². The molecule has 128 valence electrons. The molecule has 2 N–H and O–H groups in total. The zero-order valence-electron chi connectivity index (χ0n) is 13.9. The SMILES string of the molecule is CNc1cccc(C2CN(C(=O)c3ccc4nc[nH]c4c3)CCO2)n1. The molecule has 3 heterocycles. The number of anilines is 1. The summed E-state index contributed by atoms with van der Waals surface area (Å²) in [7, 11) is 1.83. The lowest BCUT2D eigenvalue weighted by atomic mass is 10.1. The number of pyridine rings is 1. The Bertz CT molecular complexity index is 907. The number of carbonyl (C=O) groups excluding carboxylic acids is 1. The molecule has 7 nitrogen and oxygen atoms in total. The lowest BCUT2D eigenvalue weighted by Crippen LogP contribution is -2.42. The van der Waals surface area contributed by atoms with Crippen LogP contribution >= 0.6 is 0 Å².